The number of hydrogen-bond acceptors (Lipinski definition) is 6. The molecule has 1 N–H and O–H groups in total. The zero-order valence-corrected chi connectivity index (χ0v) is 7.41. The normalized spacial score (nSPS) is 9.33. The van der Waals surface area contributed by atoms with Gasteiger partial charge >= 0.3 is 5.69 Å². The van der Waals surface area contributed by atoms with E-state index in [1.54, 1.807) is 0 Å². The summed E-state index contributed by atoms with van der Waals surface area (Å²) in [5.41, 5.74) is 1.56. The highest BCUT2D eigenvalue weighted by molar-refractivity contribution is 5.65. The summed E-state index contributed by atoms with van der Waals surface area (Å²) in [4.78, 5) is 19.5. The van der Waals surface area contributed by atoms with E-state index >= 15 is 0 Å². The smallest absolute Gasteiger partial charge is 0.272 e. The molecule has 1 aromatic rings. The molecule has 1 rings (SSSR count). The van der Waals surface area contributed by atoms with Crippen LogP contribution in [0.5, 0.6) is 0 Å². The minimum absolute atomic E-state index is 0.0561. The highest BCUT2D eigenvalue weighted by atomic mass is 16.6. The number of nitro benzene ring substituents is 2. The number of anilines is 1. The van der Waals surface area contributed by atoms with E-state index < -0.39 is 15.5 Å². The first-order chi connectivity index (χ1) is 7.06. The van der Waals surface area contributed by atoms with Gasteiger partial charge in [-0.05, 0) is 6.07 Å². The van der Waals surface area contributed by atoms with Crippen LogP contribution in [0.15, 0.2) is 23.3 Å². The van der Waals surface area contributed by atoms with Crippen LogP contribution in [0.25, 0.3) is 0 Å². The van der Waals surface area contributed by atoms with Gasteiger partial charge in [0.25, 0.3) is 5.69 Å². The molecule has 0 aliphatic heterocycles. The quantitative estimate of drug-likeness (QED) is 0.460. The van der Waals surface area contributed by atoms with Crippen molar-refractivity contribution in [3.05, 3.63) is 38.4 Å². The monoisotopic (exact) mass is 210 g/mol. The molecule has 0 saturated heterocycles. The van der Waals surface area contributed by atoms with Crippen LogP contribution in [-0.2, 0) is 0 Å². The number of benzene rings is 1. The molecule has 1 aromatic carbocycles. The van der Waals surface area contributed by atoms with E-state index in [1.807, 2.05) is 0 Å². The standard InChI is InChI=1S/C7H6N4O4/c1-8-9-6-3-2-5(10(12)13)4-7(6)11(14)15/h2-4,9H,1H2. The lowest BCUT2D eigenvalue weighted by Crippen LogP contribution is -1.97. The van der Waals surface area contributed by atoms with Crippen LogP contribution in [-0.4, -0.2) is 16.6 Å². The second-order valence-electron chi connectivity index (χ2n) is 2.49. The lowest BCUT2D eigenvalue weighted by atomic mass is 10.2. The van der Waals surface area contributed by atoms with Gasteiger partial charge in [0, 0.05) is 12.8 Å². The van der Waals surface area contributed by atoms with Gasteiger partial charge < -0.3 is 0 Å². The first kappa shape index (κ1) is 10.6. The first-order valence-corrected chi connectivity index (χ1v) is 3.71. The number of rotatable bonds is 4. The molecular formula is C7H6N4O4. The highest BCUT2D eigenvalue weighted by Gasteiger charge is 2.18. The van der Waals surface area contributed by atoms with Gasteiger partial charge in [-0.1, -0.05) is 0 Å². The zero-order chi connectivity index (χ0) is 11.4. The molecule has 0 saturated carbocycles. The van der Waals surface area contributed by atoms with E-state index in [0.29, 0.717) is 0 Å². The van der Waals surface area contributed by atoms with Crippen molar-refractivity contribution in [3.8, 4) is 0 Å². The van der Waals surface area contributed by atoms with E-state index in [2.05, 4.69) is 17.2 Å². The van der Waals surface area contributed by atoms with Gasteiger partial charge in [-0.3, -0.25) is 25.7 Å². The Balaban J connectivity index is 3.26. The summed E-state index contributed by atoms with van der Waals surface area (Å²) >= 11 is 0. The van der Waals surface area contributed by atoms with Crippen molar-refractivity contribution < 1.29 is 9.85 Å². The third-order valence-electron chi connectivity index (χ3n) is 1.59. The number of nitro groups is 2. The Hall–Kier alpha value is -2.51. The maximum atomic E-state index is 10.6. The number of nitrogens with one attached hydrogen (secondary N) is 1. The van der Waals surface area contributed by atoms with Gasteiger partial charge in [0.1, 0.15) is 5.69 Å². The van der Waals surface area contributed by atoms with E-state index in [1.165, 1.54) is 6.07 Å². The Morgan fingerprint density at radius 2 is 1.93 bits per heavy atom. The highest BCUT2D eigenvalue weighted by Crippen LogP contribution is 2.28. The Morgan fingerprint density at radius 3 is 2.40 bits per heavy atom. The van der Waals surface area contributed by atoms with Crippen LogP contribution in [0.3, 0.4) is 0 Å². The largest absolute Gasteiger partial charge is 0.301 e. The SMILES string of the molecule is C=NNc1ccc([N+](=O)[O-])cc1[N+](=O)[O-]. The molecule has 0 aromatic heterocycles. The number of hydrogen-bond donors (Lipinski definition) is 1. The molecule has 0 radical (unpaired) electrons. The van der Waals surface area contributed by atoms with Crippen molar-refractivity contribution in [1.82, 2.24) is 0 Å². The van der Waals surface area contributed by atoms with Crippen LogP contribution in [0.2, 0.25) is 0 Å². The molecule has 0 heterocycles. The molecule has 15 heavy (non-hydrogen) atoms. The predicted octanol–water partition coefficient (Wildman–Crippen LogP) is 1.53. The minimum Gasteiger partial charge on any atom is -0.272 e. The fourth-order valence-electron chi connectivity index (χ4n) is 0.964. The molecule has 0 amide bonds. The fourth-order valence-corrected chi connectivity index (χ4v) is 0.964. The first-order valence-electron chi connectivity index (χ1n) is 3.71. The van der Waals surface area contributed by atoms with Crippen LogP contribution < -0.4 is 5.43 Å². The van der Waals surface area contributed by atoms with Crippen LogP contribution in [0.4, 0.5) is 17.1 Å². The van der Waals surface area contributed by atoms with Crippen molar-refractivity contribution in [2.45, 2.75) is 0 Å². The Kier molecular flexibility index (Phi) is 2.91. The summed E-state index contributed by atoms with van der Waals surface area (Å²) in [6.45, 7) is 3.10. The summed E-state index contributed by atoms with van der Waals surface area (Å²) in [6, 6.07) is 3.19. The molecule has 0 bridgehead atoms. The van der Waals surface area contributed by atoms with Crippen LogP contribution >= 0.6 is 0 Å². The van der Waals surface area contributed by atoms with E-state index in [0.717, 1.165) is 12.1 Å². The average molecular weight is 210 g/mol. The van der Waals surface area contributed by atoms with Gasteiger partial charge in [-0.15, -0.1) is 0 Å². The minimum atomic E-state index is -0.736. The van der Waals surface area contributed by atoms with Gasteiger partial charge in [-0.2, -0.15) is 5.10 Å². The van der Waals surface area contributed by atoms with Crippen molar-refractivity contribution in [1.29, 1.82) is 0 Å². The number of nitrogens with zero attached hydrogens (tertiary/aromatic N) is 3. The maximum absolute atomic E-state index is 10.6. The van der Waals surface area contributed by atoms with Gasteiger partial charge in [-0.25, -0.2) is 0 Å². The molecule has 0 atom stereocenters. The maximum Gasteiger partial charge on any atom is 0.301 e. The summed E-state index contributed by atoms with van der Waals surface area (Å²) in [6.07, 6.45) is 0. The van der Waals surface area contributed by atoms with Crippen molar-refractivity contribution in [2.75, 3.05) is 5.43 Å². The van der Waals surface area contributed by atoms with Crippen molar-refractivity contribution in [3.63, 3.8) is 0 Å². The van der Waals surface area contributed by atoms with Gasteiger partial charge in [0.15, 0.2) is 0 Å². The number of non-ortho nitro benzene ring substituents is 1. The van der Waals surface area contributed by atoms with Crippen molar-refractivity contribution in [2.24, 2.45) is 5.10 Å². The zero-order valence-electron chi connectivity index (χ0n) is 7.41. The molecular weight excluding hydrogens is 204 g/mol. The lowest BCUT2D eigenvalue weighted by Gasteiger charge is -2.00. The third-order valence-corrected chi connectivity index (χ3v) is 1.59. The molecule has 8 nitrogen and oxygen atoms in total. The van der Waals surface area contributed by atoms with Crippen LogP contribution in [0.1, 0.15) is 0 Å². The molecule has 8 heteroatoms. The fraction of sp³-hybridized carbons (Fsp3) is 0. The second kappa shape index (κ2) is 4.13. The summed E-state index contributed by atoms with van der Waals surface area (Å²) < 4.78 is 0. The van der Waals surface area contributed by atoms with Crippen LogP contribution in [0, 0.1) is 20.2 Å². The second-order valence-corrected chi connectivity index (χ2v) is 2.49. The van der Waals surface area contributed by atoms with E-state index in [4.69, 9.17) is 0 Å². The molecule has 0 spiro atoms. The number of hydrazone groups is 1. The molecule has 0 aliphatic rings. The summed E-state index contributed by atoms with van der Waals surface area (Å²) in [5, 5.41) is 24.2. The van der Waals surface area contributed by atoms with Crippen molar-refractivity contribution >= 4 is 23.8 Å². The predicted molar refractivity (Wildman–Crippen MR) is 52.9 cm³/mol. The Bertz CT molecular complexity index is 431. The van der Waals surface area contributed by atoms with Gasteiger partial charge in [0.2, 0.25) is 0 Å². The van der Waals surface area contributed by atoms with E-state index in [-0.39, 0.29) is 11.4 Å². The molecule has 0 unspecified atom stereocenters. The average Bonchev–Trinajstić information content (AvgIpc) is 2.18. The summed E-state index contributed by atoms with van der Waals surface area (Å²) in [5.74, 6) is 0. The molecule has 0 aliphatic carbocycles. The third kappa shape index (κ3) is 2.24. The Morgan fingerprint density at radius 1 is 1.27 bits per heavy atom. The lowest BCUT2D eigenvalue weighted by molar-refractivity contribution is -0.393. The molecule has 78 valence electrons. The van der Waals surface area contributed by atoms with E-state index in [9.17, 15) is 20.2 Å². The molecule has 0 fully saturated rings. The topological polar surface area (TPSA) is 111 Å². The van der Waals surface area contributed by atoms with Gasteiger partial charge in [0.05, 0.1) is 15.9 Å². The Labute approximate surface area is 83.5 Å². The summed E-state index contributed by atoms with van der Waals surface area (Å²) in [7, 11) is 0.